The summed E-state index contributed by atoms with van der Waals surface area (Å²) >= 11 is 8.13. The van der Waals surface area contributed by atoms with Gasteiger partial charge in [-0.05, 0) is 0 Å². The van der Waals surface area contributed by atoms with E-state index in [0.29, 0.717) is 4.47 Å². The quantitative estimate of drug-likeness (QED) is 0.247. The van der Waals surface area contributed by atoms with Crippen molar-refractivity contribution in [3.8, 4) is 11.5 Å². The molecule has 0 saturated carbocycles. The summed E-state index contributed by atoms with van der Waals surface area (Å²) in [6.45, 7) is 6.74. The second-order valence-corrected chi connectivity index (χ2v) is 19.1. The number of rotatable bonds is 10. The monoisotopic (exact) mass is 518 g/mol. The van der Waals surface area contributed by atoms with Crippen LogP contribution in [0.25, 0.3) is 10.8 Å². The van der Waals surface area contributed by atoms with Crippen LogP contribution in [0.1, 0.15) is 59.3 Å². The van der Waals surface area contributed by atoms with E-state index >= 15 is 0 Å². The van der Waals surface area contributed by atoms with Crippen molar-refractivity contribution in [1.29, 1.82) is 0 Å². The summed E-state index contributed by atoms with van der Waals surface area (Å²) in [6.07, 6.45) is 10.4. The van der Waals surface area contributed by atoms with E-state index in [1.165, 1.54) is 24.6 Å². The molecule has 0 aliphatic rings. The predicted molar refractivity (Wildman–Crippen MR) is 130 cm³/mol. The number of halogens is 2. The number of unbranched alkanes of at least 4 members (excludes halogenated alkanes) is 3. The van der Waals surface area contributed by atoms with Crippen molar-refractivity contribution < 1.29 is 10.2 Å². The summed E-state index contributed by atoms with van der Waals surface area (Å²) in [4.78, 5) is 0. The fraction of sp³-hybridized carbons (Fsp3) is 0.545. The minimum absolute atomic E-state index is 0.0263. The maximum atomic E-state index is 10.7. The van der Waals surface area contributed by atoms with Gasteiger partial charge in [-0.3, -0.25) is 0 Å². The SMILES string of the molecule is CCCCP(Br)(CCCC)(CCCC)c1c(Br)c(O)c(O)c2ccccc12. The molecule has 0 spiro atoms. The Kier molecular flexibility index (Phi) is 8.05. The third-order valence-electron chi connectivity index (χ3n) is 5.71. The van der Waals surface area contributed by atoms with Gasteiger partial charge in [0.15, 0.2) is 0 Å². The van der Waals surface area contributed by atoms with Crippen LogP contribution in [0.3, 0.4) is 0 Å². The van der Waals surface area contributed by atoms with Gasteiger partial charge in [0.2, 0.25) is 0 Å². The second kappa shape index (κ2) is 9.46. The van der Waals surface area contributed by atoms with Gasteiger partial charge in [-0.15, -0.1) is 0 Å². The molecular formula is C22H33Br2O2P. The first-order valence-electron chi connectivity index (χ1n) is 10.2. The Morgan fingerprint density at radius 1 is 0.778 bits per heavy atom. The van der Waals surface area contributed by atoms with Gasteiger partial charge >= 0.3 is 181 Å². The molecule has 0 unspecified atom stereocenters. The molecule has 5 heteroatoms. The first-order chi connectivity index (χ1) is 12.8. The van der Waals surface area contributed by atoms with Crippen molar-refractivity contribution in [3.05, 3.63) is 28.7 Å². The van der Waals surface area contributed by atoms with Crippen LogP contribution >= 0.6 is 36.7 Å². The Hall–Kier alpha value is -0.310. The molecule has 152 valence electrons. The normalized spacial score (nSPS) is 13.6. The molecule has 0 amide bonds. The van der Waals surface area contributed by atoms with Crippen LogP contribution < -0.4 is 5.30 Å². The molecule has 0 fully saturated rings. The zero-order valence-corrected chi connectivity index (χ0v) is 20.8. The van der Waals surface area contributed by atoms with Crippen LogP contribution in [-0.2, 0) is 0 Å². The van der Waals surface area contributed by atoms with Crippen molar-refractivity contribution in [2.24, 2.45) is 0 Å². The second-order valence-electron chi connectivity index (χ2n) is 7.73. The van der Waals surface area contributed by atoms with Crippen LogP contribution in [0.15, 0.2) is 28.7 Å². The van der Waals surface area contributed by atoms with Crippen molar-refractivity contribution in [2.45, 2.75) is 59.3 Å². The molecule has 27 heavy (non-hydrogen) atoms. The standard InChI is InChI=1S/C22H33Br2O2P/c1-4-7-14-27(24,15-8-5-2,16-9-6-3)22-18-13-11-10-12-17(18)20(25)21(26)19(22)23/h10-13,25-26H,4-9,14-16H2,1-3H3. The van der Waals surface area contributed by atoms with E-state index in [0.717, 1.165) is 48.5 Å². The Labute approximate surface area is 180 Å². The average Bonchev–Trinajstić information content (AvgIpc) is 2.68. The van der Waals surface area contributed by atoms with Crippen molar-refractivity contribution in [2.75, 3.05) is 18.5 Å². The van der Waals surface area contributed by atoms with Crippen LogP contribution in [0, 0.1) is 0 Å². The van der Waals surface area contributed by atoms with E-state index < -0.39 is 5.31 Å². The van der Waals surface area contributed by atoms with Gasteiger partial charge in [0.25, 0.3) is 0 Å². The first-order valence-corrected chi connectivity index (χ1v) is 15.8. The van der Waals surface area contributed by atoms with E-state index in [1.807, 2.05) is 18.2 Å². The molecule has 2 aromatic carbocycles. The molecule has 0 saturated heterocycles. The van der Waals surface area contributed by atoms with Crippen LogP contribution in [0.5, 0.6) is 11.5 Å². The molecule has 2 aromatic rings. The third-order valence-corrected chi connectivity index (χ3v) is 16.6. The fourth-order valence-electron chi connectivity index (χ4n) is 4.14. The summed E-state index contributed by atoms with van der Waals surface area (Å²) in [6, 6.07) is 7.96. The number of hydrogen-bond acceptors (Lipinski definition) is 2. The molecule has 0 aliphatic carbocycles. The molecule has 0 aromatic heterocycles. The first kappa shape index (κ1) is 23.0. The van der Waals surface area contributed by atoms with Gasteiger partial charge in [-0.1, -0.05) is 0 Å². The topological polar surface area (TPSA) is 40.5 Å². The Morgan fingerprint density at radius 2 is 1.22 bits per heavy atom. The van der Waals surface area contributed by atoms with Crippen LogP contribution in [-0.4, -0.2) is 28.7 Å². The van der Waals surface area contributed by atoms with Crippen molar-refractivity contribution in [1.82, 2.24) is 0 Å². The molecule has 0 aliphatic heterocycles. The van der Waals surface area contributed by atoms with E-state index in [2.05, 4.69) is 58.3 Å². The molecule has 2 rings (SSSR count). The van der Waals surface area contributed by atoms with Gasteiger partial charge in [-0.25, -0.2) is 0 Å². The minimum atomic E-state index is -2.51. The zero-order valence-electron chi connectivity index (χ0n) is 16.8. The van der Waals surface area contributed by atoms with E-state index in [1.54, 1.807) is 0 Å². The zero-order chi connectivity index (χ0) is 20.1. The third kappa shape index (κ3) is 4.49. The summed E-state index contributed by atoms with van der Waals surface area (Å²) in [5, 5.41) is 21.8. The van der Waals surface area contributed by atoms with Gasteiger partial charge in [0, 0.05) is 0 Å². The number of phenols is 2. The van der Waals surface area contributed by atoms with Gasteiger partial charge in [0.05, 0.1) is 0 Å². The molecule has 2 nitrogen and oxygen atoms in total. The number of fused-ring (bicyclic) bond motifs is 1. The Bertz CT molecular complexity index is 767. The number of hydrogen-bond donors (Lipinski definition) is 2. The molecule has 2 N–H and O–H groups in total. The Balaban J connectivity index is 2.89. The van der Waals surface area contributed by atoms with E-state index in [9.17, 15) is 10.2 Å². The summed E-state index contributed by atoms with van der Waals surface area (Å²) in [5.74, 6) is -0.0538. The average molecular weight is 520 g/mol. The Morgan fingerprint density at radius 3 is 1.67 bits per heavy atom. The van der Waals surface area contributed by atoms with Crippen molar-refractivity contribution >= 4 is 52.8 Å². The van der Waals surface area contributed by atoms with Crippen LogP contribution in [0.4, 0.5) is 0 Å². The summed E-state index contributed by atoms with van der Waals surface area (Å²) in [5.41, 5.74) is 0. The van der Waals surface area contributed by atoms with Crippen LogP contribution in [0.2, 0.25) is 0 Å². The maximum absolute atomic E-state index is 10.7. The van der Waals surface area contributed by atoms with Gasteiger partial charge < -0.3 is 0 Å². The molecule has 0 radical (unpaired) electrons. The molecule has 0 heterocycles. The van der Waals surface area contributed by atoms with E-state index in [-0.39, 0.29) is 11.5 Å². The fourth-order valence-corrected chi connectivity index (χ4v) is 15.9. The number of aromatic hydroxyl groups is 2. The van der Waals surface area contributed by atoms with Gasteiger partial charge in [0.1, 0.15) is 0 Å². The van der Waals surface area contributed by atoms with Crippen molar-refractivity contribution in [3.63, 3.8) is 0 Å². The predicted octanol–water partition coefficient (Wildman–Crippen LogP) is 7.90. The molecule has 0 atom stereocenters. The van der Waals surface area contributed by atoms with Gasteiger partial charge in [-0.2, -0.15) is 0 Å². The number of benzene rings is 2. The summed E-state index contributed by atoms with van der Waals surface area (Å²) in [7, 11) is 0. The molecule has 0 bridgehead atoms. The summed E-state index contributed by atoms with van der Waals surface area (Å²) < 4.78 is 0.677. The van der Waals surface area contributed by atoms with E-state index in [4.69, 9.17) is 0 Å². The molecular weight excluding hydrogens is 487 g/mol. The number of phenolic OH excluding ortho intramolecular Hbond substituents is 2.